The predicted molar refractivity (Wildman–Crippen MR) is 108 cm³/mol. The molecule has 2 bridgehead atoms. The molecule has 0 radical (unpaired) electrons. The second kappa shape index (κ2) is 7.43. The van der Waals surface area contributed by atoms with Gasteiger partial charge in [0.1, 0.15) is 0 Å². The van der Waals surface area contributed by atoms with E-state index in [0.29, 0.717) is 18.1 Å². The van der Waals surface area contributed by atoms with E-state index >= 15 is 0 Å². The van der Waals surface area contributed by atoms with Gasteiger partial charge in [-0.05, 0) is 55.9 Å². The molecule has 0 saturated carbocycles. The Morgan fingerprint density at radius 3 is 2.66 bits per heavy atom. The van der Waals surface area contributed by atoms with Crippen LogP contribution in [0.2, 0.25) is 0 Å². The lowest BCUT2D eigenvalue weighted by atomic mass is 9.90. The number of piperidine rings is 1. The van der Waals surface area contributed by atoms with E-state index in [0.717, 1.165) is 36.8 Å². The molecule has 3 aromatic rings. The SMILES string of the molecule is Cc1ccccc1CC(=O)N1[C@@H]2CC[C@H]1CC(c1nc(-c3cccnc3)no1)C2. The Balaban J connectivity index is 1.30. The topological polar surface area (TPSA) is 72.1 Å². The van der Waals surface area contributed by atoms with Gasteiger partial charge in [0.05, 0.1) is 6.42 Å². The average molecular weight is 388 g/mol. The van der Waals surface area contributed by atoms with E-state index in [1.165, 1.54) is 5.56 Å². The molecule has 6 heteroatoms. The van der Waals surface area contributed by atoms with Crippen LogP contribution in [-0.4, -0.2) is 38.0 Å². The number of hydrogen-bond donors (Lipinski definition) is 0. The van der Waals surface area contributed by atoms with Crippen LogP contribution in [-0.2, 0) is 11.2 Å². The fourth-order valence-electron chi connectivity index (χ4n) is 4.86. The van der Waals surface area contributed by atoms with Crippen LogP contribution in [0.15, 0.2) is 53.3 Å². The van der Waals surface area contributed by atoms with Gasteiger partial charge in [-0.3, -0.25) is 9.78 Å². The van der Waals surface area contributed by atoms with Crippen molar-refractivity contribution in [2.45, 2.75) is 57.0 Å². The molecular formula is C23H24N4O2. The average Bonchev–Trinajstić information content (AvgIpc) is 3.33. The van der Waals surface area contributed by atoms with Crippen LogP contribution in [0.3, 0.4) is 0 Å². The first-order valence-corrected chi connectivity index (χ1v) is 10.3. The van der Waals surface area contributed by atoms with Crippen molar-refractivity contribution < 1.29 is 9.32 Å². The maximum absolute atomic E-state index is 13.1. The normalized spacial score (nSPS) is 23.3. The number of pyridine rings is 1. The molecular weight excluding hydrogens is 364 g/mol. The molecule has 2 fully saturated rings. The van der Waals surface area contributed by atoms with Crippen molar-refractivity contribution in [3.63, 3.8) is 0 Å². The van der Waals surface area contributed by atoms with E-state index in [1.54, 1.807) is 12.4 Å². The van der Waals surface area contributed by atoms with E-state index in [1.807, 2.05) is 24.3 Å². The Labute approximate surface area is 170 Å². The second-order valence-corrected chi connectivity index (χ2v) is 8.16. The van der Waals surface area contributed by atoms with Gasteiger partial charge in [0, 0.05) is 36.0 Å². The third-order valence-corrected chi connectivity index (χ3v) is 6.33. The zero-order valence-electron chi connectivity index (χ0n) is 16.5. The van der Waals surface area contributed by atoms with Crippen LogP contribution in [0.1, 0.15) is 48.6 Å². The molecule has 2 saturated heterocycles. The number of carbonyl (C=O) groups is 1. The van der Waals surface area contributed by atoms with Crippen molar-refractivity contribution in [1.29, 1.82) is 0 Å². The van der Waals surface area contributed by atoms with E-state index in [4.69, 9.17) is 4.52 Å². The number of fused-ring (bicyclic) bond motifs is 2. The fraction of sp³-hybridized carbons (Fsp3) is 0.391. The zero-order chi connectivity index (χ0) is 19.8. The molecule has 148 valence electrons. The highest BCUT2D eigenvalue weighted by molar-refractivity contribution is 5.80. The van der Waals surface area contributed by atoms with Crippen LogP contribution >= 0.6 is 0 Å². The first-order valence-electron chi connectivity index (χ1n) is 10.3. The second-order valence-electron chi connectivity index (χ2n) is 8.16. The zero-order valence-corrected chi connectivity index (χ0v) is 16.5. The quantitative estimate of drug-likeness (QED) is 0.677. The summed E-state index contributed by atoms with van der Waals surface area (Å²) in [5.74, 6) is 1.73. The first-order chi connectivity index (χ1) is 14.2. The third-order valence-electron chi connectivity index (χ3n) is 6.33. The summed E-state index contributed by atoms with van der Waals surface area (Å²) in [5.41, 5.74) is 3.16. The summed E-state index contributed by atoms with van der Waals surface area (Å²) in [6, 6.07) is 12.5. The Hall–Kier alpha value is -3.02. The van der Waals surface area contributed by atoms with Crippen LogP contribution in [0.4, 0.5) is 0 Å². The van der Waals surface area contributed by atoms with Crippen LogP contribution in [0.5, 0.6) is 0 Å². The van der Waals surface area contributed by atoms with Crippen molar-refractivity contribution in [3.05, 3.63) is 65.8 Å². The van der Waals surface area contributed by atoms with Gasteiger partial charge in [0.25, 0.3) is 0 Å². The largest absolute Gasteiger partial charge is 0.339 e. The van der Waals surface area contributed by atoms with Crippen molar-refractivity contribution in [2.24, 2.45) is 0 Å². The van der Waals surface area contributed by atoms with Gasteiger partial charge >= 0.3 is 0 Å². The number of carbonyl (C=O) groups excluding carboxylic acids is 1. The molecule has 2 aliphatic heterocycles. The fourth-order valence-corrected chi connectivity index (χ4v) is 4.86. The van der Waals surface area contributed by atoms with Crippen LogP contribution < -0.4 is 0 Å². The molecule has 2 aromatic heterocycles. The smallest absolute Gasteiger partial charge is 0.230 e. The summed E-state index contributed by atoms with van der Waals surface area (Å²) in [6.07, 6.45) is 7.86. The van der Waals surface area contributed by atoms with Gasteiger partial charge in [-0.25, -0.2) is 0 Å². The minimum Gasteiger partial charge on any atom is -0.339 e. The monoisotopic (exact) mass is 388 g/mol. The van der Waals surface area contributed by atoms with Crippen molar-refractivity contribution >= 4 is 5.91 Å². The predicted octanol–water partition coefficient (Wildman–Crippen LogP) is 3.92. The molecule has 4 heterocycles. The van der Waals surface area contributed by atoms with E-state index < -0.39 is 0 Å². The molecule has 1 aromatic carbocycles. The number of aromatic nitrogens is 3. The number of aryl methyl sites for hydroxylation is 1. The van der Waals surface area contributed by atoms with Crippen LogP contribution in [0.25, 0.3) is 11.4 Å². The standard InChI is InChI=1S/C23H24N4O2/c1-15-5-2-3-6-16(15)13-21(28)27-19-8-9-20(27)12-18(11-19)23-25-22(26-29-23)17-7-4-10-24-14-17/h2-7,10,14,18-20H,8-9,11-13H2,1H3/t18?,19-,20+. The van der Waals surface area contributed by atoms with Crippen molar-refractivity contribution in [2.75, 3.05) is 0 Å². The molecule has 1 amide bonds. The van der Waals surface area contributed by atoms with E-state index in [-0.39, 0.29) is 23.9 Å². The Kier molecular flexibility index (Phi) is 4.62. The minimum absolute atomic E-state index is 0.216. The molecule has 2 aliphatic rings. The lowest BCUT2D eigenvalue weighted by Crippen LogP contribution is -2.46. The summed E-state index contributed by atoms with van der Waals surface area (Å²) >= 11 is 0. The molecule has 0 aliphatic carbocycles. The van der Waals surface area contributed by atoms with Crippen LogP contribution in [0, 0.1) is 6.92 Å². The number of amides is 1. The highest BCUT2D eigenvalue weighted by Crippen LogP contribution is 2.43. The summed E-state index contributed by atoms with van der Waals surface area (Å²) in [4.78, 5) is 24.0. The Morgan fingerprint density at radius 1 is 1.14 bits per heavy atom. The minimum atomic E-state index is 0.216. The number of rotatable bonds is 4. The lowest BCUT2D eigenvalue weighted by Gasteiger charge is -2.38. The number of benzene rings is 1. The highest BCUT2D eigenvalue weighted by atomic mass is 16.5. The van der Waals surface area contributed by atoms with Gasteiger partial charge < -0.3 is 9.42 Å². The van der Waals surface area contributed by atoms with Gasteiger partial charge in [-0.2, -0.15) is 4.98 Å². The molecule has 3 atom stereocenters. The molecule has 5 rings (SSSR count). The van der Waals surface area contributed by atoms with Crippen molar-refractivity contribution in [3.8, 4) is 11.4 Å². The molecule has 6 nitrogen and oxygen atoms in total. The number of nitrogens with zero attached hydrogens (tertiary/aromatic N) is 4. The lowest BCUT2D eigenvalue weighted by molar-refractivity contribution is -0.135. The summed E-state index contributed by atoms with van der Waals surface area (Å²) in [6.45, 7) is 2.07. The molecule has 0 N–H and O–H groups in total. The number of hydrogen-bond acceptors (Lipinski definition) is 5. The van der Waals surface area contributed by atoms with Gasteiger partial charge in [0.15, 0.2) is 0 Å². The summed E-state index contributed by atoms with van der Waals surface area (Å²) < 4.78 is 5.60. The Morgan fingerprint density at radius 2 is 1.93 bits per heavy atom. The van der Waals surface area contributed by atoms with Gasteiger partial charge in [-0.1, -0.05) is 29.4 Å². The van der Waals surface area contributed by atoms with Gasteiger partial charge in [-0.15, -0.1) is 0 Å². The van der Waals surface area contributed by atoms with Gasteiger partial charge in [0.2, 0.25) is 17.6 Å². The maximum Gasteiger partial charge on any atom is 0.230 e. The molecule has 29 heavy (non-hydrogen) atoms. The molecule has 1 unspecified atom stereocenters. The third kappa shape index (κ3) is 3.43. The van der Waals surface area contributed by atoms with Crippen molar-refractivity contribution in [1.82, 2.24) is 20.0 Å². The van der Waals surface area contributed by atoms with E-state index in [2.05, 4.69) is 39.1 Å². The van der Waals surface area contributed by atoms with E-state index in [9.17, 15) is 4.79 Å². The first kappa shape index (κ1) is 18.0. The highest BCUT2D eigenvalue weighted by Gasteiger charge is 2.44. The maximum atomic E-state index is 13.1. The Bertz CT molecular complexity index is 1000. The summed E-state index contributed by atoms with van der Waals surface area (Å²) in [5, 5.41) is 4.15. The summed E-state index contributed by atoms with van der Waals surface area (Å²) in [7, 11) is 0. The molecule has 0 spiro atoms.